The smallest absolute Gasteiger partial charge is 0.321 e. The third-order valence-electron chi connectivity index (χ3n) is 3.27. The number of nitrogens with zero attached hydrogens (tertiary/aromatic N) is 1. The van der Waals surface area contributed by atoms with Gasteiger partial charge in [0.25, 0.3) is 0 Å². The zero-order valence-electron chi connectivity index (χ0n) is 11.0. The van der Waals surface area contributed by atoms with Gasteiger partial charge in [0.15, 0.2) is 0 Å². The number of amides is 1. The Bertz CT molecular complexity index is 296. The van der Waals surface area contributed by atoms with Gasteiger partial charge in [-0.3, -0.25) is 14.5 Å². The molecule has 0 spiro atoms. The summed E-state index contributed by atoms with van der Waals surface area (Å²) in [5.74, 6) is -0.901. The van der Waals surface area contributed by atoms with Gasteiger partial charge in [-0.05, 0) is 25.3 Å². The van der Waals surface area contributed by atoms with Crippen LogP contribution in [0.25, 0.3) is 0 Å². The number of carbonyl (C=O) groups excluding carboxylic acids is 1. The number of aliphatic carboxylic acids is 1. The molecular formula is C12H22N2O4. The van der Waals surface area contributed by atoms with Crippen LogP contribution in [0.2, 0.25) is 0 Å². The van der Waals surface area contributed by atoms with Gasteiger partial charge in [-0.15, -0.1) is 0 Å². The molecule has 1 aliphatic heterocycles. The molecule has 1 fully saturated rings. The Morgan fingerprint density at radius 3 is 2.83 bits per heavy atom. The molecule has 0 saturated carbocycles. The molecule has 0 aromatic heterocycles. The van der Waals surface area contributed by atoms with Crippen molar-refractivity contribution in [2.45, 2.75) is 25.8 Å². The number of nitrogens with one attached hydrogen (secondary N) is 1. The first kappa shape index (κ1) is 14.9. The summed E-state index contributed by atoms with van der Waals surface area (Å²) in [6.07, 6.45) is 1.84. The van der Waals surface area contributed by atoms with Crippen molar-refractivity contribution in [3.8, 4) is 0 Å². The molecule has 2 N–H and O–H groups in total. The van der Waals surface area contributed by atoms with E-state index in [-0.39, 0.29) is 18.4 Å². The fourth-order valence-corrected chi connectivity index (χ4v) is 2.38. The minimum atomic E-state index is -0.841. The molecule has 1 saturated heterocycles. The number of hydrogen-bond donors (Lipinski definition) is 2. The SMILES string of the molecule is COCCNC(=O)CN1CCCC(C)C1C(=O)O. The number of ether oxygens (including phenoxy) is 1. The van der Waals surface area contributed by atoms with E-state index in [2.05, 4.69) is 5.32 Å². The van der Waals surface area contributed by atoms with Gasteiger partial charge in [0, 0.05) is 13.7 Å². The fourth-order valence-electron chi connectivity index (χ4n) is 2.38. The summed E-state index contributed by atoms with van der Waals surface area (Å²) in [6.45, 7) is 3.65. The molecule has 0 aliphatic carbocycles. The van der Waals surface area contributed by atoms with E-state index < -0.39 is 12.0 Å². The van der Waals surface area contributed by atoms with E-state index in [1.807, 2.05) is 6.92 Å². The molecule has 104 valence electrons. The fraction of sp³-hybridized carbons (Fsp3) is 0.833. The first-order valence-corrected chi connectivity index (χ1v) is 6.28. The van der Waals surface area contributed by atoms with Crippen LogP contribution in [0.3, 0.4) is 0 Å². The van der Waals surface area contributed by atoms with Crippen molar-refractivity contribution in [3.05, 3.63) is 0 Å². The topological polar surface area (TPSA) is 78.9 Å². The molecule has 0 aromatic rings. The molecule has 1 rings (SSSR count). The van der Waals surface area contributed by atoms with Gasteiger partial charge in [-0.25, -0.2) is 0 Å². The van der Waals surface area contributed by atoms with Gasteiger partial charge >= 0.3 is 5.97 Å². The van der Waals surface area contributed by atoms with Crippen LogP contribution < -0.4 is 5.32 Å². The van der Waals surface area contributed by atoms with E-state index in [9.17, 15) is 14.7 Å². The van der Waals surface area contributed by atoms with Gasteiger partial charge < -0.3 is 15.2 Å². The molecule has 1 amide bonds. The molecule has 6 heteroatoms. The lowest BCUT2D eigenvalue weighted by Gasteiger charge is -2.36. The summed E-state index contributed by atoms with van der Waals surface area (Å²) in [4.78, 5) is 24.6. The van der Waals surface area contributed by atoms with E-state index in [1.165, 1.54) is 0 Å². The molecule has 0 bridgehead atoms. The largest absolute Gasteiger partial charge is 0.480 e. The molecule has 1 aliphatic rings. The number of hydrogen-bond acceptors (Lipinski definition) is 4. The second-order valence-electron chi connectivity index (χ2n) is 4.72. The predicted molar refractivity (Wildman–Crippen MR) is 66.3 cm³/mol. The number of piperidine rings is 1. The van der Waals surface area contributed by atoms with E-state index in [4.69, 9.17) is 4.74 Å². The Labute approximate surface area is 107 Å². The van der Waals surface area contributed by atoms with Crippen LogP contribution in [-0.4, -0.2) is 61.3 Å². The Balaban J connectivity index is 2.47. The number of carboxylic acids is 1. The van der Waals surface area contributed by atoms with Crippen molar-refractivity contribution < 1.29 is 19.4 Å². The summed E-state index contributed by atoms with van der Waals surface area (Å²) in [6, 6.07) is -0.549. The molecule has 2 atom stereocenters. The number of likely N-dealkylation sites (tertiary alicyclic amines) is 1. The highest BCUT2D eigenvalue weighted by molar-refractivity contribution is 5.80. The van der Waals surface area contributed by atoms with E-state index in [0.717, 1.165) is 12.8 Å². The van der Waals surface area contributed by atoms with Crippen LogP contribution in [0.5, 0.6) is 0 Å². The molecule has 1 heterocycles. The average molecular weight is 258 g/mol. The second kappa shape index (κ2) is 7.33. The molecular weight excluding hydrogens is 236 g/mol. The summed E-state index contributed by atoms with van der Waals surface area (Å²) in [5, 5.41) is 11.9. The number of methoxy groups -OCH3 is 1. The average Bonchev–Trinajstić information content (AvgIpc) is 2.28. The quantitative estimate of drug-likeness (QED) is 0.652. The highest BCUT2D eigenvalue weighted by atomic mass is 16.5. The Morgan fingerprint density at radius 1 is 1.50 bits per heavy atom. The number of carbonyl (C=O) groups is 2. The maximum Gasteiger partial charge on any atom is 0.321 e. The van der Waals surface area contributed by atoms with Crippen molar-refractivity contribution in [2.24, 2.45) is 5.92 Å². The lowest BCUT2D eigenvalue weighted by molar-refractivity contribution is -0.147. The van der Waals surface area contributed by atoms with Crippen LogP contribution in [-0.2, 0) is 14.3 Å². The molecule has 0 radical (unpaired) electrons. The van der Waals surface area contributed by atoms with Crippen molar-refractivity contribution >= 4 is 11.9 Å². The van der Waals surface area contributed by atoms with Gasteiger partial charge in [0.2, 0.25) is 5.91 Å². The summed E-state index contributed by atoms with van der Waals surface area (Å²) < 4.78 is 4.84. The summed E-state index contributed by atoms with van der Waals surface area (Å²) in [7, 11) is 1.57. The van der Waals surface area contributed by atoms with Crippen LogP contribution in [0.1, 0.15) is 19.8 Å². The van der Waals surface area contributed by atoms with E-state index >= 15 is 0 Å². The van der Waals surface area contributed by atoms with Gasteiger partial charge in [-0.1, -0.05) is 6.92 Å². The lowest BCUT2D eigenvalue weighted by Crippen LogP contribution is -2.52. The minimum Gasteiger partial charge on any atom is -0.480 e. The lowest BCUT2D eigenvalue weighted by atomic mass is 9.91. The molecule has 0 aromatic carbocycles. The third-order valence-corrected chi connectivity index (χ3v) is 3.27. The first-order valence-electron chi connectivity index (χ1n) is 6.28. The van der Waals surface area contributed by atoms with Crippen LogP contribution >= 0.6 is 0 Å². The highest BCUT2D eigenvalue weighted by Crippen LogP contribution is 2.23. The van der Waals surface area contributed by atoms with E-state index in [0.29, 0.717) is 19.7 Å². The van der Waals surface area contributed by atoms with Gasteiger partial charge in [0.05, 0.1) is 13.2 Å². The van der Waals surface area contributed by atoms with Crippen LogP contribution in [0, 0.1) is 5.92 Å². The van der Waals surface area contributed by atoms with Crippen molar-refractivity contribution in [1.29, 1.82) is 0 Å². The van der Waals surface area contributed by atoms with Gasteiger partial charge in [-0.2, -0.15) is 0 Å². The second-order valence-corrected chi connectivity index (χ2v) is 4.72. The standard InChI is InChI=1S/C12H22N2O4/c1-9-4-3-6-14(11(9)12(16)17)8-10(15)13-5-7-18-2/h9,11H,3-8H2,1-2H3,(H,13,15)(H,16,17). The number of rotatable bonds is 6. The van der Waals surface area contributed by atoms with Crippen molar-refractivity contribution in [3.63, 3.8) is 0 Å². The van der Waals surface area contributed by atoms with E-state index in [1.54, 1.807) is 12.0 Å². The van der Waals surface area contributed by atoms with Crippen LogP contribution in [0.15, 0.2) is 0 Å². The molecule has 6 nitrogen and oxygen atoms in total. The normalized spacial score (nSPS) is 24.8. The Hall–Kier alpha value is -1.14. The summed E-state index contributed by atoms with van der Waals surface area (Å²) in [5.41, 5.74) is 0. The molecule has 18 heavy (non-hydrogen) atoms. The maximum atomic E-state index is 11.7. The van der Waals surface area contributed by atoms with Crippen molar-refractivity contribution in [1.82, 2.24) is 10.2 Å². The zero-order chi connectivity index (χ0) is 13.5. The Morgan fingerprint density at radius 2 is 2.22 bits per heavy atom. The van der Waals surface area contributed by atoms with Crippen LogP contribution in [0.4, 0.5) is 0 Å². The first-order chi connectivity index (χ1) is 8.56. The predicted octanol–water partition coefficient (Wildman–Crippen LogP) is -0.0659. The number of carboxylic acid groups (broad SMARTS) is 1. The zero-order valence-corrected chi connectivity index (χ0v) is 11.0. The molecule has 2 unspecified atom stereocenters. The Kier molecular flexibility index (Phi) is 6.07. The highest BCUT2D eigenvalue weighted by Gasteiger charge is 2.34. The monoisotopic (exact) mass is 258 g/mol. The maximum absolute atomic E-state index is 11.7. The van der Waals surface area contributed by atoms with Crippen molar-refractivity contribution in [2.75, 3.05) is 33.4 Å². The summed E-state index contributed by atoms with van der Waals surface area (Å²) >= 11 is 0. The van der Waals surface area contributed by atoms with Gasteiger partial charge in [0.1, 0.15) is 6.04 Å². The third kappa shape index (κ3) is 4.27. The minimum absolute atomic E-state index is 0.0861.